The molecular formula is C15H13Cl3N2O. The zero-order chi connectivity index (χ0) is 15.4. The van der Waals surface area contributed by atoms with E-state index >= 15 is 0 Å². The van der Waals surface area contributed by atoms with Crippen molar-refractivity contribution in [3.63, 3.8) is 0 Å². The highest BCUT2D eigenvalue weighted by Gasteiger charge is 2.06. The smallest absolute Gasteiger partial charge is 0.243 e. The van der Waals surface area contributed by atoms with Gasteiger partial charge >= 0.3 is 0 Å². The summed E-state index contributed by atoms with van der Waals surface area (Å²) in [6.07, 6.45) is 0. The molecular weight excluding hydrogens is 331 g/mol. The highest BCUT2D eigenvalue weighted by Crippen LogP contribution is 2.25. The molecule has 0 aliphatic rings. The molecule has 0 heterocycles. The van der Waals surface area contributed by atoms with Gasteiger partial charge in [-0.1, -0.05) is 40.9 Å². The fourth-order valence-electron chi connectivity index (χ4n) is 1.72. The largest absolute Gasteiger partial charge is 0.375 e. The molecule has 0 radical (unpaired) electrons. The first-order chi connectivity index (χ1) is 9.95. The maximum Gasteiger partial charge on any atom is 0.243 e. The third-order valence-corrected chi connectivity index (χ3v) is 3.82. The summed E-state index contributed by atoms with van der Waals surface area (Å²) in [7, 11) is 0. The van der Waals surface area contributed by atoms with Crippen molar-refractivity contribution in [2.75, 3.05) is 17.2 Å². The average molecular weight is 344 g/mol. The third-order valence-electron chi connectivity index (χ3n) is 2.77. The predicted molar refractivity (Wildman–Crippen MR) is 89.8 cm³/mol. The lowest BCUT2D eigenvalue weighted by Gasteiger charge is -2.10. The molecule has 2 aromatic rings. The van der Waals surface area contributed by atoms with Crippen LogP contribution in [0.3, 0.4) is 0 Å². The molecule has 2 N–H and O–H groups in total. The van der Waals surface area contributed by atoms with Crippen LogP contribution in [0.15, 0.2) is 36.4 Å². The van der Waals surface area contributed by atoms with E-state index in [2.05, 4.69) is 10.6 Å². The summed E-state index contributed by atoms with van der Waals surface area (Å²) in [5.74, 6) is -0.204. The molecule has 6 heteroatoms. The number of hydrogen-bond acceptors (Lipinski definition) is 2. The van der Waals surface area contributed by atoms with E-state index in [4.69, 9.17) is 34.8 Å². The van der Waals surface area contributed by atoms with Crippen LogP contribution in [0.4, 0.5) is 11.4 Å². The van der Waals surface area contributed by atoms with Crippen molar-refractivity contribution in [1.29, 1.82) is 0 Å². The molecule has 2 aromatic carbocycles. The van der Waals surface area contributed by atoms with Crippen LogP contribution >= 0.6 is 34.8 Å². The normalized spacial score (nSPS) is 10.3. The first-order valence-electron chi connectivity index (χ1n) is 6.20. The molecule has 0 aliphatic heterocycles. The van der Waals surface area contributed by atoms with E-state index in [1.807, 2.05) is 25.1 Å². The number of halogens is 3. The van der Waals surface area contributed by atoms with Gasteiger partial charge in [0.1, 0.15) is 0 Å². The Balaban J connectivity index is 1.94. The molecule has 1 amide bonds. The summed E-state index contributed by atoms with van der Waals surface area (Å²) in [5, 5.41) is 7.12. The zero-order valence-electron chi connectivity index (χ0n) is 11.2. The van der Waals surface area contributed by atoms with E-state index in [0.29, 0.717) is 26.4 Å². The van der Waals surface area contributed by atoms with E-state index in [9.17, 15) is 4.79 Å². The second-order valence-electron chi connectivity index (χ2n) is 4.51. The molecule has 0 spiro atoms. The molecule has 0 saturated carbocycles. The molecule has 0 aliphatic carbocycles. The minimum Gasteiger partial charge on any atom is -0.375 e. The number of rotatable bonds is 4. The molecule has 110 valence electrons. The second-order valence-corrected chi connectivity index (χ2v) is 5.74. The van der Waals surface area contributed by atoms with Crippen molar-refractivity contribution < 1.29 is 4.79 Å². The predicted octanol–water partition coefficient (Wildman–Crippen LogP) is 5.01. The summed E-state index contributed by atoms with van der Waals surface area (Å²) in [4.78, 5) is 11.9. The van der Waals surface area contributed by atoms with Crippen molar-refractivity contribution >= 4 is 52.1 Å². The van der Waals surface area contributed by atoms with Gasteiger partial charge in [0, 0.05) is 5.69 Å². The quantitative estimate of drug-likeness (QED) is 0.819. The number of carbonyl (C=O) groups excluding carboxylic acids is 1. The Morgan fingerprint density at radius 2 is 1.76 bits per heavy atom. The van der Waals surface area contributed by atoms with Crippen molar-refractivity contribution in [1.82, 2.24) is 0 Å². The minimum atomic E-state index is -0.204. The lowest BCUT2D eigenvalue weighted by molar-refractivity contribution is -0.114. The Labute approximate surface area is 138 Å². The summed E-state index contributed by atoms with van der Waals surface area (Å²) < 4.78 is 0. The number of amides is 1. The average Bonchev–Trinajstić information content (AvgIpc) is 2.42. The standard InChI is InChI=1S/C15H13Cl3N2O/c1-9-2-5-14(13(18)6-9)19-8-15(21)20-10-3-4-11(16)12(17)7-10/h2-7,19H,8H2,1H3,(H,20,21). The molecule has 0 fully saturated rings. The topological polar surface area (TPSA) is 41.1 Å². The molecule has 0 atom stereocenters. The summed E-state index contributed by atoms with van der Waals surface area (Å²) in [5.41, 5.74) is 2.36. The van der Waals surface area contributed by atoms with Gasteiger partial charge in [0.05, 0.1) is 27.3 Å². The number of benzene rings is 2. The molecule has 0 unspecified atom stereocenters. The lowest BCUT2D eigenvalue weighted by atomic mass is 10.2. The molecule has 21 heavy (non-hydrogen) atoms. The SMILES string of the molecule is Cc1ccc(NCC(=O)Nc2ccc(Cl)c(Cl)c2)c(Cl)c1. The fourth-order valence-corrected chi connectivity index (χ4v) is 2.32. The monoisotopic (exact) mass is 342 g/mol. The molecule has 2 rings (SSSR count). The van der Waals surface area contributed by atoms with Crippen LogP contribution in [0.5, 0.6) is 0 Å². The van der Waals surface area contributed by atoms with E-state index < -0.39 is 0 Å². The summed E-state index contributed by atoms with van der Waals surface area (Å²) in [6.45, 7) is 2.05. The molecule has 0 saturated heterocycles. The van der Waals surface area contributed by atoms with E-state index in [0.717, 1.165) is 5.56 Å². The number of hydrogen-bond donors (Lipinski definition) is 2. The van der Waals surface area contributed by atoms with E-state index in [-0.39, 0.29) is 12.5 Å². The van der Waals surface area contributed by atoms with E-state index in [1.165, 1.54) is 0 Å². The molecule has 0 aromatic heterocycles. The third kappa shape index (κ3) is 4.53. The van der Waals surface area contributed by atoms with Crippen LogP contribution in [-0.4, -0.2) is 12.5 Å². The van der Waals surface area contributed by atoms with Gasteiger partial charge in [0.15, 0.2) is 0 Å². The van der Waals surface area contributed by atoms with Gasteiger partial charge in [0.25, 0.3) is 0 Å². The van der Waals surface area contributed by atoms with Crippen LogP contribution in [0.25, 0.3) is 0 Å². The highest BCUT2D eigenvalue weighted by molar-refractivity contribution is 6.42. The first-order valence-corrected chi connectivity index (χ1v) is 7.34. The highest BCUT2D eigenvalue weighted by atomic mass is 35.5. The Kier molecular flexibility index (Phi) is 5.34. The Morgan fingerprint density at radius 1 is 1.00 bits per heavy atom. The van der Waals surface area contributed by atoms with Gasteiger partial charge < -0.3 is 10.6 Å². The number of carbonyl (C=O) groups is 1. The fraction of sp³-hybridized carbons (Fsp3) is 0.133. The zero-order valence-corrected chi connectivity index (χ0v) is 13.5. The Hall–Kier alpha value is -1.42. The van der Waals surface area contributed by atoms with Gasteiger partial charge in [-0.05, 0) is 42.8 Å². The Bertz CT molecular complexity index is 674. The Morgan fingerprint density at radius 3 is 2.43 bits per heavy atom. The van der Waals surface area contributed by atoms with Gasteiger partial charge in [-0.2, -0.15) is 0 Å². The number of nitrogens with one attached hydrogen (secondary N) is 2. The second kappa shape index (κ2) is 7.03. The maximum atomic E-state index is 11.9. The van der Waals surface area contributed by atoms with Crippen molar-refractivity contribution in [2.24, 2.45) is 0 Å². The van der Waals surface area contributed by atoms with Crippen molar-refractivity contribution in [3.05, 3.63) is 57.0 Å². The van der Waals surface area contributed by atoms with Gasteiger partial charge in [-0.3, -0.25) is 4.79 Å². The molecule has 3 nitrogen and oxygen atoms in total. The maximum absolute atomic E-state index is 11.9. The van der Waals surface area contributed by atoms with Crippen LogP contribution in [0.2, 0.25) is 15.1 Å². The van der Waals surface area contributed by atoms with E-state index in [1.54, 1.807) is 18.2 Å². The number of aryl methyl sites for hydroxylation is 1. The van der Waals surface area contributed by atoms with Crippen LogP contribution in [0.1, 0.15) is 5.56 Å². The molecule has 0 bridgehead atoms. The van der Waals surface area contributed by atoms with Crippen molar-refractivity contribution in [2.45, 2.75) is 6.92 Å². The van der Waals surface area contributed by atoms with Crippen LogP contribution in [-0.2, 0) is 4.79 Å². The van der Waals surface area contributed by atoms with Gasteiger partial charge in [-0.15, -0.1) is 0 Å². The van der Waals surface area contributed by atoms with Crippen LogP contribution < -0.4 is 10.6 Å². The summed E-state index contributed by atoms with van der Waals surface area (Å²) >= 11 is 17.8. The number of anilines is 2. The van der Waals surface area contributed by atoms with Crippen LogP contribution in [0, 0.1) is 6.92 Å². The minimum absolute atomic E-state index is 0.100. The summed E-state index contributed by atoms with van der Waals surface area (Å²) in [6, 6.07) is 10.5. The van der Waals surface area contributed by atoms with Gasteiger partial charge in [-0.25, -0.2) is 0 Å². The van der Waals surface area contributed by atoms with Crippen molar-refractivity contribution in [3.8, 4) is 0 Å². The van der Waals surface area contributed by atoms with Gasteiger partial charge in [0.2, 0.25) is 5.91 Å². The lowest BCUT2D eigenvalue weighted by Crippen LogP contribution is -2.21. The first kappa shape index (κ1) is 16.0.